The van der Waals surface area contributed by atoms with Gasteiger partial charge in [-0.3, -0.25) is 19.7 Å². The number of carbonyl (C=O) groups is 4. The molecule has 1 aromatic rings. The van der Waals surface area contributed by atoms with Gasteiger partial charge in [0.2, 0.25) is 21.7 Å². The van der Waals surface area contributed by atoms with Crippen molar-refractivity contribution in [2.24, 2.45) is 11.8 Å². The van der Waals surface area contributed by atoms with Crippen molar-refractivity contribution in [2.45, 2.75) is 87.9 Å². The fourth-order valence-corrected chi connectivity index (χ4v) is 7.81. The van der Waals surface area contributed by atoms with Crippen LogP contribution in [0.3, 0.4) is 0 Å². The minimum absolute atomic E-state index is 0.00622. The SMILES string of the molecule is CS(=O)(=O)N1CCC2(CC1)CC(CC(NCN(F)C(=O)OC1CCCC1Cc1cccc(Cl)c1)C(=O)C(=O)NC1CC1)C(=O)N2. The van der Waals surface area contributed by atoms with Crippen molar-refractivity contribution in [1.82, 2.24) is 25.4 Å². The molecule has 0 bridgehead atoms. The van der Waals surface area contributed by atoms with Crippen molar-refractivity contribution in [3.63, 3.8) is 0 Å². The number of nitrogens with zero attached hydrogens (tertiary/aromatic N) is 2. The molecule has 3 amide bonds. The van der Waals surface area contributed by atoms with Crippen LogP contribution in [0.5, 0.6) is 0 Å². The van der Waals surface area contributed by atoms with Gasteiger partial charge in [0.25, 0.3) is 5.91 Å². The number of ketones is 1. The Bertz CT molecular complexity index is 1400. The molecule has 15 heteroatoms. The molecule has 0 radical (unpaired) electrons. The number of piperidine rings is 1. The molecule has 1 aromatic carbocycles. The summed E-state index contributed by atoms with van der Waals surface area (Å²) >= 11 is 6.10. The highest BCUT2D eigenvalue weighted by Crippen LogP contribution is 2.37. The van der Waals surface area contributed by atoms with Crippen LogP contribution >= 0.6 is 11.6 Å². The van der Waals surface area contributed by atoms with E-state index in [1.165, 1.54) is 4.31 Å². The van der Waals surface area contributed by atoms with Gasteiger partial charge in [0, 0.05) is 41.5 Å². The molecule has 4 unspecified atom stereocenters. The number of rotatable bonds is 12. The van der Waals surface area contributed by atoms with Crippen LogP contribution < -0.4 is 16.0 Å². The van der Waals surface area contributed by atoms with Crippen molar-refractivity contribution >= 4 is 45.3 Å². The number of sulfonamides is 1. The normalized spacial score (nSPS) is 25.5. The number of amides is 3. The molecule has 5 rings (SSSR count). The summed E-state index contributed by atoms with van der Waals surface area (Å²) in [6.45, 7) is -0.202. The van der Waals surface area contributed by atoms with Crippen LogP contribution in [-0.4, -0.2) is 91.3 Å². The predicted octanol–water partition coefficient (Wildman–Crippen LogP) is 2.46. The van der Waals surface area contributed by atoms with Crippen LogP contribution in [0.2, 0.25) is 5.02 Å². The van der Waals surface area contributed by atoms with E-state index in [9.17, 15) is 27.6 Å². The van der Waals surface area contributed by atoms with Crippen LogP contribution in [-0.2, 0) is 35.6 Å². The molecule has 2 aliphatic carbocycles. The van der Waals surface area contributed by atoms with E-state index in [0.29, 0.717) is 37.1 Å². The Morgan fingerprint density at radius 2 is 1.93 bits per heavy atom. The minimum atomic E-state index is -3.35. The van der Waals surface area contributed by atoms with Crippen LogP contribution in [0.25, 0.3) is 0 Å². The minimum Gasteiger partial charge on any atom is -0.444 e. The van der Waals surface area contributed by atoms with E-state index in [-0.39, 0.29) is 42.5 Å². The number of benzene rings is 1. The molecule has 4 aliphatic rings. The molecule has 4 atom stereocenters. The Kier molecular flexibility index (Phi) is 10.4. The van der Waals surface area contributed by atoms with Gasteiger partial charge in [-0.05, 0) is 81.9 Å². The molecule has 2 saturated carbocycles. The smallest absolute Gasteiger partial charge is 0.439 e. The number of ether oxygens (including phenoxy) is 1. The van der Waals surface area contributed by atoms with E-state index < -0.39 is 58.1 Å². The van der Waals surface area contributed by atoms with Gasteiger partial charge >= 0.3 is 6.09 Å². The van der Waals surface area contributed by atoms with Crippen molar-refractivity contribution in [3.8, 4) is 0 Å². The molecule has 12 nitrogen and oxygen atoms in total. The molecule has 248 valence electrons. The Morgan fingerprint density at radius 1 is 1.20 bits per heavy atom. The summed E-state index contributed by atoms with van der Waals surface area (Å²) in [6.07, 6.45) is 4.96. The quantitative estimate of drug-likeness (QED) is 0.174. The lowest BCUT2D eigenvalue weighted by Gasteiger charge is -2.38. The topological polar surface area (TPSA) is 154 Å². The first-order valence-electron chi connectivity index (χ1n) is 15.6. The Hall–Kier alpha value is -2.81. The number of Topliss-reactive ketones (excluding diaryl/α,β-unsaturated/α-hetero) is 1. The second-order valence-electron chi connectivity index (χ2n) is 12.9. The monoisotopic (exact) mass is 669 g/mol. The number of hydrogen-bond donors (Lipinski definition) is 3. The number of halogens is 2. The van der Waals surface area contributed by atoms with Crippen molar-refractivity contribution in [1.29, 1.82) is 0 Å². The summed E-state index contributed by atoms with van der Waals surface area (Å²) in [7, 11) is -3.35. The summed E-state index contributed by atoms with van der Waals surface area (Å²) in [4.78, 5) is 51.6. The Balaban J connectivity index is 1.18. The lowest BCUT2D eigenvalue weighted by atomic mass is 9.82. The third-order valence-corrected chi connectivity index (χ3v) is 11.0. The molecule has 2 saturated heterocycles. The highest BCUT2D eigenvalue weighted by Gasteiger charge is 2.48. The first-order chi connectivity index (χ1) is 21.3. The summed E-state index contributed by atoms with van der Waals surface area (Å²) in [5.41, 5.74) is 0.379. The second kappa shape index (κ2) is 13.9. The fraction of sp³-hybridized carbons (Fsp3) is 0.667. The third kappa shape index (κ3) is 8.72. The summed E-state index contributed by atoms with van der Waals surface area (Å²) in [5, 5.41) is 8.75. The van der Waals surface area contributed by atoms with E-state index in [0.717, 1.165) is 37.5 Å². The summed E-state index contributed by atoms with van der Waals surface area (Å²) < 4.78 is 45.8. The zero-order valence-corrected chi connectivity index (χ0v) is 26.9. The molecule has 0 aromatic heterocycles. The largest absolute Gasteiger partial charge is 0.444 e. The van der Waals surface area contributed by atoms with Crippen LogP contribution in [0.4, 0.5) is 9.28 Å². The molecular weight excluding hydrogens is 629 g/mol. The second-order valence-corrected chi connectivity index (χ2v) is 15.3. The number of hydrogen-bond acceptors (Lipinski definition) is 8. The van der Waals surface area contributed by atoms with Gasteiger partial charge in [-0.25, -0.2) is 17.5 Å². The van der Waals surface area contributed by atoms with Gasteiger partial charge in [0.05, 0.1) is 12.3 Å². The molecular formula is C30H41ClFN5O7S. The van der Waals surface area contributed by atoms with Gasteiger partial charge < -0.3 is 15.4 Å². The molecule has 3 N–H and O–H groups in total. The van der Waals surface area contributed by atoms with Crippen molar-refractivity contribution in [3.05, 3.63) is 34.9 Å². The summed E-state index contributed by atoms with van der Waals surface area (Å²) in [5.74, 6) is -2.65. The zero-order valence-electron chi connectivity index (χ0n) is 25.3. The average Bonchev–Trinajstić information content (AvgIpc) is 3.62. The van der Waals surface area contributed by atoms with E-state index in [2.05, 4.69) is 16.0 Å². The molecule has 4 fully saturated rings. The summed E-state index contributed by atoms with van der Waals surface area (Å²) in [6, 6.07) is 6.10. The number of nitrogens with one attached hydrogen (secondary N) is 3. The van der Waals surface area contributed by atoms with Gasteiger partial charge in [-0.1, -0.05) is 28.2 Å². The highest BCUT2D eigenvalue weighted by molar-refractivity contribution is 7.88. The number of carbonyl (C=O) groups excluding carboxylic acids is 4. The van der Waals surface area contributed by atoms with Crippen molar-refractivity contribution < 1.29 is 36.8 Å². The molecule has 45 heavy (non-hydrogen) atoms. The lowest BCUT2D eigenvalue weighted by Crippen LogP contribution is -2.51. The van der Waals surface area contributed by atoms with Crippen LogP contribution in [0.15, 0.2) is 24.3 Å². The first-order valence-corrected chi connectivity index (χ1v) is 17.8. The van der Waals surface area contributed by atoms with Crippen LogP contribution in [0.1, 0.15) is 63.4 Å². The molecule has 2 heterocycles. The maximum atomic E-state index is 15.0. The maximum absolute atomic E-state index is 15.0. The van der Waals surface area contributed by atoms with Gasteiger partial charge in [0.15, 0.2) is 0 Å². The van der Waals surface area contributed by atoms with E-state index >= 15 is 4.48 Å². The lowest BCUT2D eigenvalue weighted by molar-refractivity contribution is -0.140. The van der Waals surface area contributed by atoms with Crippen molar-refractivity contribution in [2.75, 3.05) is 26.0 Å². The van der Waals surface area contributed by atoms with Crippen LogP contribution in [0, 0.1) is 11.8 Å². The highest BCUT2D eigenvalue weighted by atomic mass is 35.5. The van der Waals surface area contributed by atoms with Gasteiger partial charge in [-0.2, -0.15) is 0 Å². The Morgan fingerprint density at radius 3 is 2.60 bits per heavy atom. The van der Waals surface area contributed by atoms with Gasteiger partial charge in [-0.15, -0.1) is 5.12 Å². The standard InChI is InChI=1S/C30H41ClFN5O7S/c1-45(42,43)36-12-10-30(11-13-36)17-21(27(39)35-30)16-24(26(38)28(40)34-23-8-9-23)33-18-37(32)29(41)44-25-7-3-5-20(25)14-19-4-2-6-22(31)15-19/h2,4,6,15,20-21,23-25,33H,3,5,7-14,16-18H2,1H3,(H,34,40)(H,35,39). The van der Waals surface area contributed by atoms with E-state index in [1.54, 1.807) is 6.07 Å². The molecule has 1 spiro atoms. The average molecular weight is 670 g/mol. The third-order valence-electron chi connectivity index (χ3n) is 9.42. The maximum Gasteiger partial charge on any atom is 0.439 e. The zero-order chi connectivity index (χ0) is 32.4. The van der Waals surface area contributed by atoms with E-state index in [4.69, 9.17) is 16.3 Å². The van der Waals surface area contributed by atoms with Gasteiger partial charge in [0.1, 0.15) is 12.8 Å². The van der Waals surface area contributed by atoms with E-state index in [1.807, 2.05) is 18.2 Å². The predicted molar refractivity (Wildman–Crippen MR) is 163 cm³/mol. The molecule has 2 aliphatic heterocycles. The fourth-order valence-electron chi connectivity index (χ4n) is 6.75. The Labute approximate surface area is 267 Å². The first kappa shape index (κ1) is 33.6.